The zero-order valence-electron chi connectivity index (χ0n) is 37.1. The zero-order chi connectivity index (χ0) is 42.5. The van der Waals surface area contributed by atoms with Crippen molar-refractivity contribution in [2.75, 3.05) is 75.0 Å². The summed E-state index contributed by atoms with van der Waals surface area (Å²) in [7, 11) is 11.5. The third-order valence-corrected chi connectivity index (χ3v) is 10.5. The Labute approximate surface area is 346 Å². The Hall–Kier alpha value is -2.69. The molecule has 5 unspecified atom stereocenters. The van der Waals surface area contributed by atoms with E-state index in [4.69, 9.17) is 0 Å². The third-order valence-electron chi connectivity index (χ3n) is 10.5. The Morgan fingerprint density at radius 1 is 0.351 bits per heavy atom. The Balaban J connectivity index is 5.14. The van der Waals surface area contributed by atoms with Gasteiger partial charge in [0.2, 0.25) is 23.6 Å². The summed E-state index contributed by atoms with van der Waals surface area (Å²) in [6.07, 6.45) is 14.7. The smallest absolute Gasteiger partial charge is 0.222 e. The molecule has 0 heterocycles. The van der Waals surface area contributed by atoms with Crippen LogP contribution in [0.5, 0.6) is 0 Å². The molecular weight excluding hydrogens is 725 g/mol. The van der Waals surface area contributed by atoms with Crippen molar-refractivity contribution in [2.24, 2.45) is 0 Å². The second-order valence-electron chi connectivity index (χ2n) is 15.7. The van der Waals surface area contributed by atoms with Crippen molar-refractivity contribution in [3.63, 3.8) is 0 Å². The first kappa shape index (κ1) is 54.3. The minimum Gasteiger partial charge on any atom is -0.356 e. The molecule has 0 spiro atoms. The molecule has 0 aliphatic rings. The average Bonchev–Trinajstić information content (AvgIpc) is 3.17. The number of nitrogens with one attached hydrogen (secondary N) is 10. The lowest BCUT2D eigenvalue weighted by Gasteiger charge is -2.23. The van der Waals surface area contributed by atoms with Gasteiger partial charge < -0.3 is 53.2 Å². The molecule has 0 fully saturated rings. The lowest BCUT2D eigenvalue weighted by atomic mass is 10.0. The fraction of sp³-hybridized carbons (Fsp3) is 0.881. The molecular formula is C42H86N10O5. The van der Waals surface area contributed by atoms with E-state index in [-0.39, 0.29) is 72.5 Å². The second-order valence-corrected chi connectivity index (χ2v) is 15.7. The fourth-order valence-electron chi connectivity index (χ4n) is 7.02. The molecule has 0 aromatic heterocycles. The largest absolute Gasteiger partial charge is 0.356 e. The Bertz CT molecular complexity index is 1050. The van der Waals surface area contributed by atoms with E-state index < -0.39 is 0 Å². The van der Waals surface area contributed by atoms with Crippen molar-refractivity contribution in [1.82, 2.24) is 53.2 Å². The summed E-state index contributed by atoms with van der Waals surface area (Å²) in [6.45, 7) is 5.47. The van der Waals surface area contributed by atoms with E-state index in [2.05, 4.69) is 53.2 Å². The van der Waals surface area contributed by atoms with Crippen LogP contribution < -0.4 is 53.2 Å². The highest BCUT2D eigenvalue weighted by Gasteiger charge is 2.22. The maximum atomic E-state index is 13.4. The van der Waals surface area contributed by atoms with Gasteiger partial charge in [0.1, 0.15) is 5.78 Å². The molecule has 0 aromatic carbocycles. The molecule has 0 radical (unpaired) electrons. The highest BCUT2D eigenvalue weighted by molar-refractivity contribution is 5.81. The average molecular weight is 811 g/mol. The minimum absolute atomic E-state index is 0.00372. The Kier molecular flexibility index (Phi) is 35.8. The van der Waals surface area contributed by atoms with Gasteiger partial charge in [-0.3, -0.25) is 24.0 Å². The van der Waals surface area contributed by atoms with E-state index in [1.54, 1.807) is 0 Å². The maximum absolute atomic E-state index is 13.4. The molecule has 0 aliphatic carbocycles. The lowest BCUT2D eigenvalue weighted by molar-refractivity contribution is -0.125. The van der Waals surface area contributed by atoms with Crippen LogP contribution in [0.25, 0.3) is 0 Å². The molecule has 0 bridgehead atoms. The quantitative estimate of drug-likeness (QED) is 0.0406. The molecule has 0 aromatic rings. The first-order valence-corrected chi connectivity index (χ1v) is 22.1. The van der Waals surface area contributed by atoms with Crippen LogP contribution >= 0.6 is 0 Å². The number of ketones is 1. The van der Waals surface area contributed by atoms with Crippen LogP contribution in [0.3, 0.4) is 0 Å². The number of carbonyl (C=O) groups is 5. The van der Waals surface area contributed by atoms with Gasteiger partial charge in [0.15, 0.2) is 0 Å². The summed E-state index contributed by atoms with van der Waals surface area (Å²) in [5.41, 5.74) is 0. The summed E-state index contributed by atoms with van der Waals surface area (Å²) in [4.78, 5) is 64.0. The van der Waals surface area contributed by atoms with Gasteiger partial charge in [-0.05, 0) is 146 Å². The zero-order valence-corrected chi connectivity index (χ0v) is 37.1. The predicted octanol–water partition coefficient (Wildman–Crippen LogP) is 2.00. The summed E-state index contributed by atoms with van der Waals surface area (Å²) < 4.78 is 0. The van der Waals surface area contributed by atoms with Crippen molar-refractivity contribution in [2.45, 2.75) is 166 Å². The SMILES string of the molecule is CNCCCCC(CC(=O)NCCCCC(CC(C)=O)NC(=O)CC(CCCCNC(=O)CC(CCCCNC)NC)NC(=O)CC(CCCCNC)NC)NC. The maximum Gasteiger partial charge on any atom is 0.222 e. The number of amides is 4. The number of hydrogen-bond donors (Lipinski definition) is 10. The lowest BCUT2D eigenvalue weighted by Crippen LogP contribution is -2.44. The van der Waals surface area contributed by atoms with Crippen LogP contribution in [0.4, 0.5) is 0 Å². The summed E-state index contributed by atoms with van der Waals surface area (Å²) >= 11 is 0. The van der Waals surface area contributed by atoms with E-state index in [1.807, 2.05) is 42.3 Å². The van der Waals surface area contributed by atoms with Crippen LogP contribution in [0.15, 0.2) is 0 Å². The van der Waals surface area contributed by atoms with Gasteiger partial charge in [-0.25, -0.2) is 0 Å². The van der Waals surface area contributed by atoms with Gasteiger partial charge in [0.05, 0.1) is 0 Å². The van der Waals surface area contributed by atoms with E-state index in [0.717, 1.165) is 103 Å². The molecule has 15 nitrogen and oxygen atoms in total. The molecule has 334 valence electrons. The number of carbonyl (C=O) groups excluding carboxylic acids is 5. The first-order chi connectivity index (χ1) is 27.5. The van der Waals surface area contributed by atoms with Gasteiger partial charge >= 0.3 is 0 Å². The third kappa shape index (κ3) is 32.9. The van der Waals surface area contributed by atoms with E-state index >= 15 is 0 Å². The molecule has 4 amide bonds. The Morgan fingerprint density at radius 2 is 0.632 bits per heavy atom. The molecule has 0 saturated carbocycles. The van der Waals surface area contributed by atoms with Crippen LogP contribution in [-0.4, -0.2) is 135 Å². The van der Waals surface area contributed by atoms with Gasteiger partial charge in [-0.1, -0.05) is 19.3 Å². The molecule has 15 heteroatoms. The highest BCUT2D eigenvalue weighted by atomic mass is 16.2. The van der Waals surface area contributed by atoms with Crippen molar-refractivity contribution < 1.29 is 24.0 Å². The number of rotatable bonds is 40. The molecule has 0 rings (SSSR count). The molecule has 5 atom stereocenters. The fourth-order valence-corrected chi connectivity index (χ4v) is 7.02. The molecule has 0 aliphatic heterocycles. The van der Waals surface area contributed by atoms with Crippen LogP contribution in [0, 0.1) is 0 Å². The first-order valence-electron chi connectivity index (χ1n) is 22.1. The minimum atomic E-state index is -0.376. The number of hydrogen-bond acceptors (Lipinski definition) is 11. The van der Waals surface area contributed by atoms with Crippen LogP contribution in [-0.2, 0) is 24.0 Å². The second kappa shape index (κ2) is 37.6. The summed E-state index contributed by atoms with van der Waals surface area (Å²) in [5.74, 6) is -0.260. The summed E-state index contributed by atoms with van der Waals surface area (Å²) in [5, 5.41) is 31.5. The topological polar surface area (TPSA) is 206 Å². The number of Topliss-reactive ketones (excluding diaryl/α,β-unsaturated/α-hetero) is 1. The van der Waals surface area contributed by atoms with E-state index in [9.17, 15) is 24.0 Å². The van der Waals surface area contributed by atoms with E-state index in [0.29, 0.717) is 45.2 Å². The van der Waals surface area contributed by atoms with Gasteiger partial charge in [0.25, 0.3) is 0 Å². The standard InChI is InChI=1S/C42H86N10O5/c1-33(53)28-37(21-11-16-26-49-39(54)29-34(46-5)18-8-13-23-43-2)51-42(57)32-38(52-41(56)31-36(48-7)20-10-15-25-45-4)22-12-17-27-50-40(55)30-35(47-6)19-9-14-24-44-3/h34-38,43-48H,8-32H2,1-7H3,(H,49,54)(H,50,55)(H,51,57)(H,52,56). The van der Waals surface area contributed by atoms with E-state index in [1.165, 1.54) is 6.92 Å². The molecule has 10 N–H and O–H groups in total. The predicted molar refractivity (Wildman–Crippen MR) is 233 cm³/mol. The summed E-state index contributed by atoms with van der Waals surface area (Å²) in [6, 6.07) is -0.367. The Morgan fingerprint density at radius 3 is 0.947 bits per heavy atom. The van der Waals surface area contributed by atoms with Crippen molar-refractivity contribution in [3.8, 4) is 0 Å². The van der Waals surface area contributed by atoms with Crippen LogP contribution in [0.1, 0.15) is 135 Å². The molecule has 0 saturated heterocycles. The van der Waals surface area contributed by atoms with Crippen molar-refractivity contribution in [3.05, 3.63) is 0 Å². The van der Waals surface area contributed by atoms with Crippen molar-refractivity contribution in [1.29, 1.82) is 0 Å². The monoisotopic (exact) mass is 811 g/mol. The van der Waals surface area contributed by atoms with Crippen LogP contribution in [0.2, 0.25) is 0 Å². The van der Waals surface area contributed by atoms with Gasteiger partial charge in [-0.2, -0.15) is 0 Å². The normalized spacial score (nSPS) is 13.9. The number of unbranched alkanes of at least 4 members (excludes halogenated alkanes) is 5. The highest BCUT2D eigenvalue weighted by Crippen LogP contribution is 2.12. The van der Waals surface area contributed by atoms with Crippen molar-refractivity contribution >= 4 is 29.4 Å². The van der Waals surface area contributed by atoms with Gasteiger partial charge in [-0.15, -0.1) is 0 Å². The van der Waals surface area contributed by atoms with Gasteiger partial charge in [0, 0.05) is 75.4 Å². The molecule has 57 heavy (non-hydrogen) atoms.